The maximum absolute atomic E-state index is 9.70. The van der Waals surface area contributed by atoms with Crippen LogP contribution in [0.2, 0.25) is 0 Å². The molecule has 3 unspecified atom stereocenters. The first-order chi connectivity index (χ1) is 14.0. The van der Waals surface area contributed by atoms with Gasteiger partial charge in [0.1, 0.15) is 11.5 Å². The Morgan fingerprint density at radius 3 is 2.62 bits per heavy atom. The molecule has 2 nitrogen and oxygen atoms in total. The van der Waals surface area contributed by atoms with Gasteiger partial charge in [0.2, 0.25) is 0 Å². The fourth-order valence-corrected chi connectivity index (χ4v) is 8.20. The van der Waals surface area contributed by atoms with Crippen LogP contribution in [0.25, 0.3) is 0 Å². The Balaban J connectivity index is 1.55. The van der Waals surface area contributed by atoms with Crippen LogP contribution in [0.5, 0.6) is 11.5 Å². The standard InChI is InChI=1S/C26H32O2S/c1-16-4-11-23-25-22(12-13-26(16,23)2)21-10-7-19(28-3)14-17(21)15-24(25)29-20-8-5-18(27)6-9-20/h5-10,14,16,22-25,27H,4,11-13,15H2,1-3H3/t16-,22?,23?,24+,25?,26+/m0/s1. The van der Waals surface area contributed by atoms with E-state index < -0.39 is 0 Å². The number of aromatic hydroxyl groups is 1. The van der Waals surface area contributed by atoms with Gasteiger partial charge >= 0.3 is 0 Å². The largest absolute Gasteiger partial charge is 0.508 e. The van der Waals surface area contributed by atoms with Crippen LogP contribution in [0.15, 0.2) is 47.4 Å². The normalized spacial score (nSPS) is 35.5. The summed E-state index contributed by atoms with van der Waals surface area (Å²) in [5, 5.41) is 10.3. The zero-order valence-electron chi connectivity index (χ0n) is 17.7. The summed E-state index contributed by atoms with van der Waals surface area (Å²) in [5.74, 6) is 4.39. The number of hydrogen-bond acceptors (Lipinski definition) is 3. The molecule has 0 spiro atoms. The number of hydrogen-bond donors (Lipinski definition) is 1. The van der Waals surface area contributed by atoms with Crippen LogP contribution in [0, 0.1) is 23.2 Å². The monoisotopic (exact) mass is 408 g/mol. The molecule has 2 fully saturated rings. The van der Waals surface area contributed by atoms with Crippen LogP contribution in [0.3, 0.4) is 0 Å². The first-order valence-corrected chi connectivity index (χ1v) is 12.0. The number of methoxy groups -OCH3 is 1. The van der Waals surface area contributed by atoms with Gasteiger partial charge in [0, 0.05) is 10.1 Å². The molecule has 3 aliphatic rings. The van der Waals surface area contributed by atoms with Crippen molar-refractivity contribution in [1.82, 2.24) is 0 Å². The van der Waals surface area contributed by atoms with E-state index in [1.807, 2.05) is 23.9 Å². The molecule has 29 heavy (non-hydrogen) atoms. The fourth-order valence-electron chi connectivity index (χ4n) is 6.76. The van der Waals surface area contributed by atoms with Crippen molar-refractivity contribution < 1.29 is 9.84 Å². The van der Waals surface area contributed by atoms with Crippen molar-refractivity contribution >= 4 is 11.8 Å². The molecular weight excluding hydrogens is 376 g/mol. The minimum absolute atomic E-state index is 0.348. The highest BCUT2D eigenvalue weighted by molar-refractivity contribution is 8.00. The van der Waals surface area contributed by atoms with Gasteiger partial charge in [-0.3, -0.25) is 0 Å². The highest BCUT2D eigenvalue weighted by Crippen LogP contribution is 2.64. The molecule has 0 aromatic heterocycles. The van der Waals surface area contributed by atoms with Crippen molar-refractivity contribution in [1.29, 1.82) is 0 Å². The van der Waals surface area contributed by atoms with Crippen LogP contribution in [-0.2, 0) is 6.42 Å². The lowest BCUT2D eigenvalue weighted by molar-refractivity contribution is 0.0367. The van der Waals surface area contributed by atoms with Gasteiger partial charge in [-0.25, -0.2) is 0 Å². The molecule has 0 saturated heterocycles. The Hall–Kier alpha value is -1.61. The van der Waals surface area contributed by atoms with E-state index in [4.69, 9.17) is 4.74 Å². The van der Waals surface area contributed by atoms with Gasteiger partial charge in [0.05, 0.1) is 7.11 Å². The molecule has 0 amide bonds. The second-order valence-electron chi connectivity index (χ2n) is 9.73. The number of benzene rings is 2. The number of phenols is 1. The van der Waals surface area contributed by atoms with Gasteiger partial charge in [-0.05, 0) is 109 Å². The molecule has 2 saturated carbocycles. The quantitative estimate of drug-likeness (QED) is 0.615. The number of thioether (sulfide) groups is 1. The van der Waals surface area contributed by atoms with Crippen molar-refractivity contribution in [3.8, 4) is 11.5 Å². The molecule has 6 atom stereocenters. The zero-order valence-corrected chi connectivity index (χ0v) is 18.5. The molecule has 5 rings (SSSR count). The first-order valence-electron chi connectivity index (χ1n) is 11.1. The molecule has 3 heteroatoms. The van der Waals surface area contributed by atoms with Crippen molar-refractivity contribution in [2.75, 3.05) is 7.11 Å². The predicted octanol–water partition coefficient (Wildman–Crippen LogP) is 6.66. The van der Waals surface area contributed by atoms with Crippen LogP contribution in [0.1, 0.15) is 56.6 Å². The van der Waals surface area contributed by atoms with E-state index in [2.05, 4.69) is 44.2 Å². The van der Waals surface area contributed by atoms with Crippen LogP contribution >= 0.6 is 11.8 Å². The third-order valence-corrected chi connectivity index (χ3v) is 9.86. The Bertz CT molecular complexity index is 892. The lowest BCUT2D eigenvalue weighted by Crippen LogP contribution is -2.46. The van der Waals surface area contributed by atoms with Gasteiger partial charge in [-0.15, -0.1) is 11.8 Å². The smallest absolute Gasteiger partial charge is 0.119 e. The van der Waals surface area contributed by atoms with Gasteiger partial charge in [-0.2, -0.15) is 0 Å². The van der Waals surface area contributed by atoms with Gasteiger partial charge in [0.15, 0.2) is 0 Å². The first kappa shape index (κ1) is 19.4. The minimum atomic E-state index is 0.348. The predicted molar refractivity (Wildman–Crippen MR) is 120 cm³/mol. The summed E-state index contributed by atoms with van der Waals surface area (Å²) in [6.07, 6.45) is 6.56. The number of rotatable bonds is 3. The second-order valence-corrected chi connectivity index (χ2v) is 11.0. The average molecular weight is 409 g/mol. The Labute approximate surface area is 179 Å². The van der Waals surface area contributed by atoms with Crippen LogP contribution in [0.4, 0.5) is 0 Å². The molecule has 1 N–H and O–H groups in total. The topological polar surface area (TPSA) is 29.5 Å². The van der Waals surface area contributed by atoms with Crippen molar-refractivity contribution in [2.45, 2.75) is 62.0 Å². The Morgan fingerprint density at radius 2 is 1.86 bits per heavy atom. The minimum Gasteiger partial charge on any atom is -0.508 e. The molecular formula is C26H32O2S. The number of ether oxygens (including phenoxy) is 1. The highest BCUT2D eigenvalue weighted by atomic mass is 32.2. The van der Waals surface area contributed by atoms with E-state index in [9.17, 15) is 5.11 Å². The van der Waals surface area contributed by atoms with Crippen LogP contribution < -0.4 is 4.74 Å². The summed E-state index contributed by atoms with van der Waals surface area (Å²) in [5.41, 5.74) is 3.57. The average Bonchev–Trinajstić information content (AvgIpc) is 3.03. The van der Waals surface area contributed by atoms with Crippen molar-refractivity contribution in [2.24, 2.45) is 23.2 Å². The fraction of sp³-hybridized carbons (Fsp3) is 0.538. The Kier molecular flexibility index (Phi) is 4.85. The maximum Gasteiger partial charge on any atom is 0.119 e. The molecule has 0 bridgehead atoms. The molecule has 0 heterocycles. The highest BCUT2D eigenvalue weighted by Gasteiger charge is 2.55. The van der Waals surface area contributed by atoms with E-state index in [0.29, 0.717) is 22.3 Å². The summed E-state index contributed by atoms with van der Waals surface area (Å²) in [4.78, 5) is 1.27. The molecule has 0 radical (unpaired) electrons. The molecule has 0 aliphatic heterocycles. The van der Waals surface area contributed by atoms with E-state index >= 15 is 0 Å². The Morgan fingerprint density at radius 1 is 1.07 bits per heavy atom. The molecule has 154 valence electrons. The summed E-state index contributed by atoms with van der Waals surface area (Å²) in [7, 11) is 1.77. The third-order valence-electron chi connectivity index (χ3n) is 8.53. The number of phenolic OH excluding ortho intramolecular Hbond substituents is 1. The van der Waals surface area contributed by atoms with E-state index in [1.54, 1.807) is 12.7 Å². The molecule has 2 aromatic rings. The molecule has 2 aromatic carbocycles. The zero-order chi connectivity index (χ0) is 20.2. The lowest BCUT2D eigenvalue weighted by atomic mass is 9.54. The van der Waals surface area contributed by atoms with E-state index in [-0.39, 0.29) is 0 Å². The second kappa shape index (κ2) is 7.27. The van der Waals surface area contributed by atoms with Gasteiger partial charge in [0.25, 0.3) is 0 Å². The molecule has 3 aliphatic carbocycles. The van der Waals surface area contributed by atoms with E-state index in [1.165, 1.54) is 36.1 Å². The number of fused-ring (bicyclic) bond motifs is 5. The third kappa shape index (κ3) is 3.17. The SMILES string of the molecule is COc1ccc2c(c1)C[C@@H](Sc1ccc(O)cc1)C1C2CC[C@@]2(C)C1CC[C@@H]2C. The van der Waals surface area contributed by atoms with Gasteiger partial charge in [-0.1, -0.05) is 19.9 Å². The van der Waals surface area contributed by atoms with Crippen molar-refractivity contribution in [3.63, 3.8) is 0 Å². The summed E-state index contributed by atoms with van der Waals surface area (Å²) >= 11 is 2.03. The maximum atomic E-state index is 9.70. The summed E-state index contributed by atoms with van der Waals surface area (Å²) in [6.45, 7) is 5.07. The van der Waals surface area contributed by atoms with Crippen molar-refractivity contribution in [3.05, 3.63) is 53.6 Å². The summed E-state index contributed by atoms with van der Waals surface area (Å²) in [6, 6.07) is 14.6. The summed E-state index contributed by atoms with van der Waals surface area (Å²) < 4.78 is 5.55. The van der Waals surface area contributed by atoms with Crippen LogP contribution in [-0.4, -0.2) is 17.5 Å². The van der Waals surface area contributed by atoms with Gasteiger partial charge < -0.3 is 9.84 Å². The van der Waals surface area contributed by atoms with E-state index in [0.717, 1.165) is 29.9 Å². The lowest BCUT2D eigenvalue weighted by Gasteiger charge is -2.53.